The van der Waals surface area contributed by atoms with Gasteiger partial charge in [-0.15, -0.1) is 0 Å². The van der Waals surface area contributed by atoms with Gasteiger partial charge in [-0.3, -0.25) is 9.59 Å². The van der Waals surface area contributed by atoms with E-state index in [1.807, 2.05) is 18.2 Å². The number of fused-ring (bicyclic) bond motifs is 1. The first kappa shape index (κ1) is 17.0. The Balaban J connectivity index is 1.84. The molecule has 3 N–H and O–H groups in total. The molecule has 7 heteroatoms. The quantitative estimate of drug-likeness (QED) is 0.821. The molecule has 2 amide bonds. The Morgan fingerprint density at radius 3 is 2.72 bits per heavy atom. The molecule has 25 heavy (non-hydrogen) atoms. The zero-order valence-electron chi connectivity index (χ0n) is 14.1. The second-order valence-corrected chi connectivity index (χ2v) is 5.87. The summed E-state index contributed by atoms with van der Waals surface area (Å²) < 4.78 is 16.3. The summed E-state index contributed by atoms with van der Waals surface area (Å²) in [6.45, 7) is 0.324. The minimum Gasteiger partial charge on any atom is -0.496 e. The minimum atomic E-state index is -0.552. The molecule has 1 aliphatic heterocycles. The van der Waals surface area contributed by atoms with E-state index in [2.05, 4.69) is 5.32 Å². The summed E-state index contributed by atoms with van der Waals surface area (Å²) in [5, 5.41) is 4.46. The number of benzene rings is 2. The van der Waals surface area contributed by atoms with Gasteiger partial charge in [-0.2, -0.15) is 0 Å². The van der Waals surface area contributed by atoms with Crippen LogP contribution in [-0.4, -0.2) is 44.8 Å². The van der Waals surface area contributed by atoms with Crippen molar-refractivity contribution in [3.05, 3.63) is 35.9 Å². The fourth-order valence-corrected chi connectivity index (χ4v) is 2.99. The van der Waals surface area contributed by atoms with Crippen LogP contribution in [0.5, 0.6) is 11.5 Å². The molecular weight excluding hydrogens is 324 g/mol. The summed E-state index contributed by atoms with van der Waals surface area (Å²) >= 11 is 0. The van der Waals surface area contributed by atoms with Crippen LogP contribution < -0.4 is 20.5 Å². The zero-order valence-corrected chi connectivity index (χ0v) is 14.1. The lowest BCUT2D eigenvalue weighted by atomic mass is 10.0. The van der Waals surface area contributed by atoms with Crippen molar-refractivity contribution in [3.63, 3.8) is 0 Å². The molecule has 1 heterocycles. The zero-order chi connectivity index (χ0) is 18.0. The molecule has 3 rings (SSSR count). The molecule has 7 nitrogen and oxygen atoms in total. The van der Waals surface area contributed by atoms with Crippen LogP contribution in [0.3, 0.4) is 0 Å². The summed E-state index contributed by atoms with van der Waals surface area (Å²) in [5.41, 5.74) is 5.72. The highest BCUT2D eigenvalue weighted by atomic mass is 16.5. The maximum absolute atomic E-state index is 11.7. The Hall–Kier alpha value is -2.80. The molecule has 1 fully saturated rings. The van der Waals surface area contributed by atoms with Crippen molar-refractivity contribution in [3.8, 4) is 11.5 Å². The number of ether oxygens (including phenoxy) is 3. The third-order valence-corrected chi connectivity index (χ3v) is 4.29. The molecule has 2 aromatic carbocycles. The first-order chi connectivity index (χ1) is 12.0. The average Bonchev–Trinajstić information content (AvgIpc) is 2.98. The SMILES string of the molecule is COc1cc2c(OC[C@@H]3C[C@@H](OC)C(=O)N3)cccc2cc1C(N)=O. The van der Waals surface area contributed by atoms with Gasteiger partial charge in [0.25, 0.3) is 5.91 Å². The molecule has 0 radical (unpaired) electrons. The summed E-state index contributed by atoms with van der Waals surface area (Å²) in [6, 6.07) is 8.83. The third-order valence-electron chi connectivity index (χ3n) is 4.29. The van der Waals surface area contributed by atoms with Gasteiger partial charge >= 0.3 is 0 Å². The summed E-state index contributed by atoms with van der Waals surface area (Å²) in [7, 11) is 3.00. The average molecular weight is 344 g/mol. The van der Waals surface area contributed by atoms with Crippen molar-refractivity contribution in [2.45, 2.75) is 18.6 Å². The van der Waals surface area contributed by atoms with E-state index in [-0.39, 0.29) is 11.9 Å². The molecule has 132 valence electrons. The van der Waals surface area contributed by atoms with Crippen molar-refractivity contribution < 1.29 is 23.8 Å². The van der Waals surface area contributed by atoms with Crippen LogP contribution in [0.15, 0.2) is 30.3 Å². The number of methoxy groups -OCH3 is 2. The maximum atomic E-state index is 11.7. The van der Waals surface area contributed by atoms with E-state index in [1.54, 1.807) is 12.1 Å². The van der Waals surface area contributed by atoms with E-state index in [0.717, 1.165) is 10.8 Å². The van der Waals surface area contributed by atoms with Gasteiger partial charge in [0.05, 0.1) is 18.7 Å². The van der Waals surface area contributed by atoms with Crippen molar-refractivity contribution in [1.82, 2.24) is 5.32 Å². The van der Waals surface area contributed by atoms with Gasteiger partial charge in [0, 0.05) is 18.9 Å². The molecule has 0 spiro atoms. The number of primary amides is 1. The Morgan fingerprint density at radius 1 is 1.28 bits per heavy atom. The number of hydrogen-bond donors (Lipinski definition) is 2. The number of carbonyl (C=O) groups excluding carboxylic acids is 2. The summed E-state index contributed by atoms with van der Waals surface area (Å²) in [6.07, 6.45) is 0.134. The molecule has 0 bridgehead atoms. The van der Waals surface area contributed by atoms with E-state index in [0.29, 0.717) is 30.1 Å². The van der Waals surface area contributed by atoms with Crippen molar-refractivity contribution >= 4 is 22.6 Å². The molecule has 2 atom stereocenters. The van der Waals surface area contributed by atoms with Crippen LogP contribution >= 0.6 is 0 Å². The fraction of sp³-hybridized carbons (Fsp3) is 0.333. The van der Waals surface area contributed by atoms with Gasteiger partial charge in [0.1, 0.15) is 24.2 Å². The molecular formula is C18H20N2O5. The molecule has 2 aromatic rings. The van der Waals surface area contributed by atoms with Gasteiger partial charge in [-0.1, -0.05) is 12.1 Å². The molecule has 0 aliphatic carbocycles. The van der Waals surface area contributed by atoms with Gasteiger partial charge in [0.2, 0.25) is 5.91 Å². The highest BCUT2D eigenvalue weighted by molar-refractivity contribution is 6.02. The number of nitrogens with two attached hydrogens (primary N) is 1. The predicted octanol–water partition coefficient (Wildman–Crippen LogP) is 1.23. The Kier molecular flexibility index (Phi) is 4.76. The Bertz CT molecular complexity index is 820. The second-order valence-electron chi connectivity index (χ2n) is 5.87. The molecule has 0 unspecified atom stereocenters. The topological polar surface area (TPSA) is 99.9 Å². The highest BCUT2D eigenvalue weighted by Crippen LogP contribution is 2.32. The third kappa shape index (κ3) is 3.36. The lowest BCUT2D eigenvalue weighted by molar-refractivity contribution is -0.127. The largest absolute Gasteiger partial charge is 0.496 e. The fourth-order valence-electron chi connectivity index (χ4n) is 2.99. The van der Waals surface area contributed by atoms with Gasteiger partial charge in [-0.25, -0.2) is 0 Å². The molecule has 1 saturated heterocycles. The monoisotopic (exact) mass is 344 g/mol. The van der Waals surface area contributed by atoms with E-state index >= 15 is 0 Å². The molecule has 0 saturated carbocycles. The van der Waals surface area contributed by atoms with E-state index < -0.39 is 12.0 Å². The number of hydrogen-bond acceptors (Lipinski definition) is 5. The van der Waals surface area contributed by atoms with Crippen LogP contribution in [0.2, 0.25) is 0 Å². The number of nitrogens with one attached hydrogen (secondary N) is 1. The lowest BCUT2D eigenvalue weighted by Gasteiger charge is -2.15. The lowest BCUT2D eigenvalue weighted by Crippen LogP contribution is -2.31. The van der Waals surface area contributed by atoms with Crippen LogP contribution in [0.4, 0.5) is 0 Å². The second kappa shape index (κ2) is 6.98. The van der Waals surface area contributed by atoms with Crippen LogP contribution in [0.1, 0.15) is 16.8 Å². The van der Waals surface area contributed by atoms with Gasteiger partial charge < -0.3 is 25.3 Å². The van der Waals surface area contributed by atoms with Crippen molar-refractivity contribution in [2.24, 2.45) is 5.73 Å². The first-order valence-electron chi connectivity index (χ1n) is 7.90. The standard InChI is InChI=1S/C18H20N2O5/c1-23-15-8-12-10(6-13(15)17(19)21)4-3-5-14(12)25-9-11-7-16(24-2)18(22)20-11/h3-6,8,11,16H,7,9H2,1-2H3,(H2,19,21)(H,20,22)/t11-,16+/m0/s1. The predicted molar refractivity (Wildman–Crippen MR) is 91.9 cm³/mol. The maximum Gasteiger partial charge on any atom is 0.252 e. The normalized spacial score (nSPS) is 19.7. The summed E-state index contributed by atoms with van der Waals surface area (Å²) in [4.78, 5) is 23.2. The first-order valence-corrected chi connectivity index (χ1v) is 7.90. The molecule has 1 aliphatic rings. The highest BCUT2D eigenvalue weighted by Gasteiger charge is 2.32. The number of carbonyl (C=O) groups is 2. The van der Waals surface area contributed by atoms with Crippen LogP contribution in [0, 0.1) is 0 Å². The molecule has 0 aromatic heterocycles. The smallest absolute Gasteiger partial charge is 0.252 e. The number of amides is 2. The van der Waals surface area contributed by atoms with Gasteiger partial charge in [-0.05, 0) is 23.6 Å². The Labute approximate surface area is 145 Å². The van der Waals surface area contributed by atoms with E-state index in [4.69, 9.17) is 19.9 Å². The van der Waals surface area contributed by atoms with Crippen LogP contribution in [0.25, 0.3) is 10.8 Å². The Morgan fingerprint density at radius 2 is 2.08 bits per heavy atom. The minimum absolute atomic E-state index is 0.112. The van der Waals surface area contributed by atoms with Crippen LogP contribution in [-0.2, 0) is 9.53 Å². The van der Waals surface area contributed by atoms with E-state index in [9.17, 15) is 9.59 Å². The van der Waals surface area contributed by atoms with Crippen molar-refractivity contribution in [1.29, 1.82) is 0 Å². The van der Waals surface area contributed by atoms with Crippen molar-refractivity contribution in [2.75, 3.05) is 20.8 Å². The summed E-state index contributed by atoms with van der Waals surface area (Å²) in [5.74, 6) is 0.359. The van der Waals surface area contributed by atoms with E-state index in [1.165, 1.54) is 14.2 Å². The number of rotatable bonds is 6. The van der Waals surface area contributed by atoms with Gasteiger partial charge in [0.15, 0.2) is 0 Å².